The highest BCUT2D eigenvalue weighted by Crippen LogP contribution is 2.17. The fraction of sp³-hybridized carbons (Fsp3) is 0.400. The van der Waals surface area contributed by atoms with Crippen LogP contribution in [0.3, 0.4) is 0 Å². The van der Waals surface area contributed by atoms with Crippen LogP contribution in [0.4, 0.5) is 0 Å². The number of nitrogens with zero attached hydrogens (tertiary/aromatic N) is 3. The van der Waals surface area contributed by atoms with Crippen LogP contribution in [-0.4, -0.2) is 25.7 Å². The maximum atomic E-state index is 11.9. The van der Waals surface area contributed by atoms with Gasteiger partial charge in [0.05, 0.1) is 11.7 Å². The summed E-state index contributed by atoms with van der Waals surface area (Å²) < 4.78 is 4.07. The van der Waals surface area contributed by atoms with E-state index in [0.29, 0.717) is 11.4 Å². The molecule has 1 amide bonds. The number of aromatic amines is 1. The van der Waals surface area contributed by atoms with Gasteiger partial charge in [0.25, 0.3) is 5.91 Å². The van der Waals surface area contributed by atoms with Crippen LogP contribution in [0.25, 0.3) is 0 Å². The van der Waals surface area contributed by atoms with Crippen molar-refractivity contribution in [2.45, 2.75) is 26.3 Å². The van der Waals surface area contributed by atoms with Gasteiger partial charge in [0.15, 0.2) is 0 Å². The van der Waals surface area contributed by atoms with Gasteiger partial charge in [-0.2, -0.15) is 19.8 Å². The Morgan fingerprint density at radius 2 is 2.29 bits per heavy atom. The fourth-order valence-electron chi connectivity index (χ4n) is 1.39. The first-order chi connectivity index (χ1) is 7.99. The number of aryl methyl sites for hydroxylation is 1. The summed E-state index contributed by atoms with van der Waals surface area (Å²) >= 11 is 1.31. The first-order valence-electron chi connectivity index (χ1n) is 5.11. The summed E-state index contributed by atoms with van der Waals surface area (Å²) in [5.74, 6) is -0.206. The van der Waals surface area contributed by atoms with Gasteiger partial charge in [-0.15, -0.1) is 0 Å². The molecule has 2 aromatic rings. The molecule has 0 radical (unpaired) electrons. The molecule has 90 valence electrons. The lowest BCUT2D eigenvalue weighted by Gasteiger charge is -2.22. The highest BCUT2D eigenvalue weighted by atomic mass is 32.1. The topological polar surface area (TPSA) is 83.6 Å². The molecule has 0 aliphatic rings. The fourth-order valence-corrected chi connectivity index (χ4v) is 1.93. The van der Waals surface area contributed by atoms with Crippen molar-refractivity contribution in [1.82, 2.24) is 25.1 Å². The van der Waals surface area contributed by atoms with Crippen LogP contribution < -0.4 is 5.32 Å². The molecule has 2 rings (SSSR count). The lowest BCUT2D eigenvalue weighted by molar-refractivity contribution is 0.0906. The summed E-state index contributed by atoms with van der Waals surface area (Å²) in [5, 5.41) is 13.1. The van der Waals surface area contributed by atoms with Crippen LogP contribution in [0.2, 0.25) is 0 Å². The highest BCUT2D eigenvalue weighted by Gasteiger charge is 2.26. The minimum Gasteiger partial charge on any atom is -0.340 e. The van der Waals surface area contributed by atoms with Crippen molar-refractivity contribution in [2.75, 3.05) is 0 Å². The highest BCUT2D eigenvalue weighted by molar-refractivity contribution is 7.05. The van der Waals surface area contributed by atoms with Crippen LogP contribution in [0.5, 0.6) is 0 Å². The van der Waals surface area contributed by atoms with Crippen LogP contribution in [0.1, 0.15) is 34.9 Å². The average molecular weight is 251 g/mol. The van der Waals surface area contributed by atoms with Crippen molar-refractivity contribution in [3.05, 3.63) is 28.5 Å². The SMILES string of the molecule is Cc1cc(C(=O)NC(C)(C)c2cn[nH]n2)ns1. The number of aromatic nitrogens is 4. The summed E-state index contributed by atoms with van der Waals surface area (Å²) in [6, 6.07) is 1.76. The molecule has 0 saturated carbocycles. The molecule has 0 atom stereocenters. The monoisotopic (exact) mass is 251 g/mol. The van der Waals surface area contributed by atoms with Gasteiger partial charge in [0, 0.05) is 4.88 Å². The number of amides is 1. The summed E-state index contributed by atoms with van der Waals surface area (Å²) in [6.07, 6.45) is 1.59. The largest absolute Gasteiger partial charge is 0.340 e. The Morgan fingerprint density at radius 1 is 1.53 bits per heavy atom. The summed E-state index contributed by atoms with van der Waals surface area (Å²) in [4.78, 5) is 13.0. The summed E-state index contributed by atoms with van der Waals surface area (Å²) in [7, 11) is 0. The second-order valence-corrected chi connectivity index (χ2v) is 5.27. The van der Waals surface area contributed by atoms with Crippen LogP contribution >= 0.6 is 11.5 Å². The van der Waals surface area contributed by atoms with E-state index in [9.17, 15) is 4.79 Å². The normalized spacial score (nSPS) is 11.5. The predicted molar refractivity (Wildman–Crippen MR) is 63.7 cm³/mol. The van der Waals surface area contributed by atoms with Gasteiger partial charge in [-0.25, -0.2) is 0 Å². The van der Waals surface area contributed by atoms with Gasteiger partial charge in [-0.05, 0) is 38.4 Å². The van der Waals surface area contributed by atoms with E-state index in [0.717, 1.165) is 4.88 Å². The Hall–Kier alpha value is -1.76. The molecule has 0 aromatic carbocycles. The van der Waals surface area contributed by atoms with Gasteiger partial charge in [0.1, 0.15) is 11.4 Å². The summed E-state index contributed by atoms with van der Waals surface area (Å²) in [5.41, 5.74) is 0.531. The van der Waals surface area contributed by atoms with Crippen molar-refractivity contribution >= 4 is 17.4 Å². The second-order valence-electron chi connectivity index (χ2n) is 4.26. The maximum Gasteiger partial charge on any atom is 0.271 e. The van der Waals surface area contributed by atoms with Crippen molar-refractivity contribution in [3.8, 4) is 0 Å². The third-order valence-corrected chi connectivity index (χ3v) is 3.04. The Labute approximate surface area is 103 Å². The molecule has 2 N–H and O–H groups in total. The average Bonchev–Trinajstić information content (AvgIpc) is 2.86. The lowest BCUT2D eigenvalue weighted by atomic mass is 10.0. The van der Waals surface area contributed by atoms with E-state index in [1.807, 2.05) is 20.8 Å². The van der Waals surface area contributed by atoms with Gasteiger partial charge in [0.2, 0.25) is 0 Å². The minimum atomic E-state index is -0.582. The number of nitrogens with one attached hydrogen (secondary N) is 2. The Kier molecular flexibility index (Phi) is 2.93. The molecule has 17 heavy (non-hydrogen) atoms. The summed E-state index contributed by atoms with van der Waals surface area (Å²) in [6.45, 7) is 5.64. The van der Waals surface area contributed by atoms with Gasteiger partial charge < -0.3 is 5.32 Å². The molecule has 0 aliphatic heterocycles. The first-order valence-corrected chi connectivity index (χ1v) is 5.88. The molecule has 2 heterocycles. The van der Waals surface area contributed by atoms with Crippen molar-refractivity contribution in [2.24, 2.45) is 0 Å². The lowest BCUT2D eigenvalue weighted by Crippen LogP contribution is -2.41. The number of hydrogen-bond donors (Lipinski definition) is 2. The predicted octanol–water partition coefficient (Wildman–Crippen LogP) is 1.23. The second kappa shape index (κ2) is 4.25. The molecule has 0 fully saturated rings. The number of rotatable bonds is 3. The molecule has 6 nitrogen and oxygen atoms in total. The first kappa shape index (κ1) is 11.7. The van der Waals surface area contributed by atoms with Crippen LogP contribution in [-0.2, 0) is 5.54 Å². The maximum absolute atomic E-state index is 11.9. The molecule has 0 unspecified atom stereocenters. The van der Waals surface area contributed by atoms with Gasteiger partial charge >= 0.3 is 0 Å². The van der Waals surface area contributed by atoms with Crippen LogP contribution in [0.15, 0.2) is 12.3 Å². The quantitative estimate of drug-likeness (QED) is 0.859. The standard InChI is InChI=1S/C10H13N5OS/c1-6-4-7(14-17-6)9(16)12-10(2,3)8-5-11-15-13-8/h4-5H,1-3H3,(H,12,16)(H,11,13,15). The van der Waals surface area contributed by atoms with Crippen LogP contribution in [0, 0.1) is 6.92 Å². The van der Waals surface area contributed by atoms with E-state index in [4.69, 9.17) is 0 Å². The number of carbonyl (C=O) groups excluding carboxylic acids is 1. The Balaban J connectivity index is 2.13. The molecule has 7 heteroatoms. The van der Waals surface area contributed by atoms with E-state index in [1.54, 1.807) is 12.3 Å². The minimum absolute atomic E-state index is 0.206. The molecule has 0 spiro atoms. The Morgan fingerprint density at radius 3 is 2.82 bits per heavy atom. The zero-order valence-electron chi connectivity index (χ0n) is 9.81. The molecule has 0 aliphatic carbocycles. The number of H-pyrrole nitrogens is 1. The van der Waals surface area contributed by atoms with Gasteiger partial charge in [-0.1, -0.05) is 0 Å². The smallest absolute Gasteiger partial charge is 0.271 e. The molecular formula is C10H13N5OS. The third kappa shape index (κ3) is 2.50. The van der Waals surface area contributed by atoms with E-state index in [-0.39, 0.29) is 5.91 Å². The zero-order chi connectivity index (χ0) is 12.5. The zero-order valence-corrected chi connectivity index (χ0v) is 10.6. The van der Waals surface area contributed by atoms with Gasteiger partial charge in [-0.3, -0.25) is 4.79 Å². The van der Waals surface area contributed by atoms with Crippen molar-refractivity contribution in [1.29, 1.82) is 0 Å². The van der Waals surface area contributed by atoms with E-state index in [1.165, 1.54) is 11.5 Å². The van der Waals surface area contributed by atoms with E-state index in [2.05, 4.69) is 25.1 Å². The molecule has 2 aromatic heterocycles. The van der Waals surface area contributed by atoms with E-state index >= 15 is 0 Å². The molecule has 0 bridgehead atoms. The van der Waals surface area contributed by atoms with E-state index < -0.39 is 5.54 Å². The number of hydrogen-bond acceptors (Lipinski definition) is 5. The molecular weight excluding hydrogens is 238 g/mol. The van der Waals surface area contributed by atoms with Crippen molar-refractivity contribution in [3.63, 3.8) is 0 Å². The Bertz CT molecular complexity index is 517. The van der Waals surface area contributed by atoms with Crippen molar-refractivity contribution < 1.29 is 4.79 Å². The molecule has 0 saturated heterocycles. The number of carbonyl (C=O) groups is 1. The third-order valence-electron chi connectivity index (χ3n) is 2.34.